The highest BCUT2D eigenvalue weighted by Gasteiger charge is 2.35. The molecule has 4 rings (SSSR count). The summed E-state index contributed by atoms with van der Waals surface area (Å²) in [6.45, 7) is 0.755. The van der Waals surface area contributed by atoms with Crippen LogP contribution >= 0.6 is 11.3 Å². The van der Waals surface area contributed by atoms with Gasteiger partial charge in [-0.2, -0.15) is 0 Å². The predicted octanol–water partition coefficient (Wildman–Crippen LogP) is 3.41. The Morgan fingerprint density at radius 3 is 2.70 bits per heavy atom. The summed E-state index contributed by atoms with van der Waals surface area (Å²) in [6, 6.07) is 17.5. The number of carbonyl (C=O) groups excluding carboxylic acids is 2. The number of methoxy groups -OCH3 is 1. The second kappa shape index (κ2) is 9.09. The molecule has 3 aromatic rings. The van der Waals surface area contributed by atoms with Crippen LogP contribution in [0.3, 0.4) is 0 Å². The number of carbonyl (C=O) groups is 2. The lowest BCUT2D eigenvalue weighted by Crippen LogP contribution is -2.32. The molecule has 1 fully saturated rings. The van der Waals surface area contributed by atoms with Crippen LogP contribution in [0.4, 0.5) is 5.69 Å². The quantitative estimate of drug-likeness (QED) is 0.635. The van der Waals surface area contributed by atoms with Crippen molar-refractivity contribution in [2.24, 2.45) is 5.92 Å². The molecule has 0 spiro atoms. The number of hydrogen-bond donors (Lipinski definition) is 1. The Balaban J connectivity index is 1.30. The molecule has 0 aliphatic carbocycles. The first kappa shape index (κ1) is 20.1. The van der Waals surface area contributed by atoms with Crippen LogP contribution in [0.15, 0.2) is 60.0 Å². The predicted molar refractivity (Wildman–Crippen MR) is 117 cm³/mol. The van der Waals surface area contributed by atoms with Crippen molar-refractivity contribution >= 4 is 28.8 Å². The van der Waals surface area contributed by atoms with E-state index in [0.29, 0.717) is 13.1 Å². The maximum Gasteiger partial charge on any atom is 0.227 e. The molecule has 7 heteroatoms. The third-order valence-corrected chi connectivity index (χ3v) is 6.02. The van der Waals surface area contributed by atoms with Gasteiger partial charge >= 0.3 is 0 Å². The van der Waals surface area contributed by atoms with Gasteiger partial charge in [-0.25, -0.2) is 4.98 Å². The lowest BCUT2D eigenvalue weighted by atomic mass is 10.1. The molecule has 1 atom stereocenters. The van der Waals surface area contributed by atoms with Gasteiger partial charge < -0.3 is 15.0 Å². The number of nitrogens with one attached hydrogen (secondary N) is 1. The number of anilines is 1. The summed E-state index contributed by atoms with van der Waals surface area (Å²) in [7, 11) is 1.60. The Morgan fingerprint density at radius 1 is 1.20 bits per heavy atom. The van der Waals surface area contributed by atoms with Gasteiger partial charge in [-0.3, -0.25) is 9.59 Å². The maximum atomic E-state index is 12.6. The molecule has 30 heavy (non-hydrogen) atoms. The highest BCUT2D eigenvalue weighted by molar-refractivity contribution is 7.09. The van der Waals surface area contributed by atoms with Crippen molar-refractivity contribution in [3.05, 3.63) is 76.2 Å². The van der Waals surface area contributed by atoms with Crippen LogP contribution in [0.5, 0.6) is 5.75 Å². The molecule has 1 aliphatic rings. The monoisotopic (exact) mass is 421 g/mol. The van der Waals surface area contributed by atoms with E-state index in [1.807, 2.05) is 47.8 Å². The fourth-order valence-electron chi connectivity index (χ4n) is 3.50. The van der Waals surface area contributed by atoms with E-state index < -0.39 is 0 Å². The van der Waals surface area contributed by atoms with Crippen LogP contribution in [-0.2, 0) is 22.6 Å². The topological polar surface area (TPSA) is 71.5 Å². The molecule has 1 saturated heterocycles. The molecule has 1 aromatic heterocycles. The third kappa shape index (κ3) is 4.68. The summed E-state index contributed by atoms with van der Waals surface area (Å²) in [5, 5.41) is 5.93. The fourth-order valence-corrected chi connectivity index (χ4v) is 4.33. The van der Waals surface area contributed by atoms with Gasteiger partial charge in [0.15, 0.2) is 0 Å². The fraction of sp³-hybridized carbons (Fsp3) is 0.261. The second-order valence-electron chi connectivity index (χ2n) is 7.22. The van der Waals surface area contributed by atoms with Gasteiger partial charge in [0, 0.05) is 30.5 Å². The van der Waals surface area contributed by atoms with E-state index in [1.54, 1.807) is 23.3 Å². The van der Waals surface area contributed by atoms with E-state index >= 15 is 0 Å². The Labute approximate surface area is 179 Å². The third-order valence-electron chi connectivity index (χ3n) is 5.12. The minimum Gasteiger partial charge on any atom is -0.497 e. The summed E-state index contributed by atoms with van der Waals surface area (Å²) in [5.74, 6) is 0.215. The minimum atomic E-state index is -0.359. The van der Waals surface area contributed by atoms with Crippen LogP contribution in [0, 0.1) is 5.92 Å². The van der Waals surface area contributed by atoms with E-state index in [4.69, 9.17) is 4.74 Å². The molecule has 1 N–H and O–H groups in total. The Kier molecular flexibility index (Phi) is 6.09. The van der Waals surface area contributed by atoms with Crippen molar-refractivity contribution in [2.45, 2.75) is 19.4 Å². The highest BCUT2D eigenvalue weighted by Crippen LogP contribution is 2.27. The Hall–Kier alpha value is -3.19. The van der Waals surface area contributed by atoms with Crippen molar-refractivity contribution in [2.75, 3.05) is 18.6 Å². The number of thiazole rings is 1. The van der Waals surface area contributed by atoms with Gasteiger partial charge in [-0.15, -0.1) is 11.3 Å². The van der Waals surface area contributed by atoms with E-state index in [0.717, 1.165) is 28.6 Å². The largest absolute Gasteiger partial charge is 0.497 e. The first-order chi connectivity index (χ1) is 14.6. The molecular weight excluding hydrogens is 398 g/mol. The van der Waals surface area contributed by atoms with Gasteiger partial charge in [0.05, 0.1) is 30.3 Å². The van der Waals surface area contributed by atoms with Crippen molar-refractivity contribution < 1.29 is 14.3 Å². The minimum absolute atomic E-state index is 0.0425. The molecule has 154 valence electrons. The van der Waals surface area contributed by atoms with E-state index in [2.05, 4.69) is 22.4 Å². The van der Waals surface area contributed by atoms with Crippen molar-refractivity contribution in [1.82, 2.24) is 10.3 Å². The normalized spacial score (nSPS) is 16.0. The standard InChI is InChI=1S/C23H23N3O3S/c1-29-20-9-7-19(8-10-20)26-14-17(12-22(26)27)23(28)24-13-18-15-30-21(25-18)11-16-5-3-2-4-6-16/h2-10,15,17H,11-14H2,1H3,(H,24,28). The lowest BCUT2D eigenvalue weighted by Gasteiger charge is -2.17. The van der Waals surface area contributed by atoms with Gasteiger partial charge in [0.2, 0.25) is 11.8 Å². The highest BCUT2D eigenvalue weighted by atomic mass is 32.1. The van der Waals surface area contributed by atoms with Gasteiger partial charge in [0.25, 0.3) is 0 Å². The summed E-state index contributed by atoms with van der Waals surface area (Å²) in [4.78, 5) is 31.3. The molecule has 0 radical (unpaired) electrons. The first-order valence-electron chi connectivity index (χ1n) is 9.81. The zero-order chi connectivity index (χ0) is 20.9. The summed E-state index contributed by atoms with van der Waals surface area (Å²) in [6.07, 6.45) is 1.00. The SMILES string of the molecule is COc1ccc(N2CC(C(=O)NCc3csc(Cc4ccccc4)n3)CC2=O)cc1. The Morgan fingerprint density at radius 2 is 1.97 bits per heavy atom. The average Bonchev–Trinajstić information content (AvgIpc) is 3.39. The molecule has 6 nitrogen and oxygen atoms in total. The summed E-state index contributed by atoms with van der Waals surface area (Å²) >= 11 is 1.59. The van der Waals surface area contributed by atoms with Crippen LogP contribution in [0.25, 0.3) is 0 Å². The molecule has 1 unspecified atom stereocenters. The summed E-state index contributed by atoms with van der Waals surface area (Å²) < 4.78 is 5.15. The zero-order valence-corrected chi connectivity index (χ0v) is 17.5. The van der Waals surface area contributed by atoms with Crippen molar-refractivity contribution in [3.8, 4) is 5.75 Å². The lowest BCUT2D eigenvalue weighted by molar-refractivity contribution is -0.126. The Bertz CT molecular complexity index is 1020. The number of aromatic nitrogens is 1. The van der Waals surface area contributed by atoms with E-state index in [9.17, 15) is 9.59 Å². The number of ether oxygens (including phenoxy) is 1. The number of rotatable bonds is 7. The number of amides is 2. The number of hydrogen-bond acceptors (Lipinski definition) is 5. The maximum absolute atomic E-state index is 12.6. The van der Waals surface area contributed by atoms with Crippen molar-refractivity contribution in [1.29, 1.82) is 0 Å². The van der Waals surface area contributed by atoms with Gasteiger partial charge in [0.1, 0.15) is 5.75 Å². The zero-order valence-electron chi connectivity index (χ0n) is 16.7. The molecule has 1 aliphatic heterocycles. The molecule has 2 heterocycles. The smallest absolute Gasteiger partial charge is 0.227 e. The average molecular weight is 422 g/mol. The number of benzene rings is 2. The molecule has 2 amide bonds. The van der Waals surface area contributed by atoms with Gasteiger partial charge in [-0.1, -0.05) is 30.3 Å². The van der Waals surface area contributed by atoms with Gasteiger partial charge in [-0.05, 0) is 29.8 Å². The molecule has 2 aromatic carbocycles. The summed E-state index contributed by atoms with van der Waals surface area (Å²) in [5.41, 5.74) is 2.84. The first-order valence-corrected chi connectivity index (χ1v) is 10.7. The number of nitrogens with zero attached hydrogens (tertiary/aromatic N) is 2. The van der Waals surface area contributed by atoms with E-state index in [-0.39, 0.29) is 24.2 Å². The second-order valence-corrected chi connectivity index (χ2v) is 8.16. The molecule has 0 saturated carbocycles. The van der Waals surface area contributed by atoms with Crippen molar-refractivity contribution in [3.63, 3.8) is 0 Å². The van der Waals surface area contributed by atoms with Crippen LogP contribution in [0.2, 0.25) is 0 Å². The molecular formula is C23H23N3O3S. The van der Waals surface area contributed by atoms with Crippen LogP contribution < -0.4 is 15.0 Å². The van der Waals surface area contributed by atoms with Crippen LogP contribution in [0.1, 0.15) is 22.7 Å². The van der Waals surface area contributed by atoms with Crippen LogP contribution in [-0.4, -0.2) is 30.5 Å². The molecule has 0 bridgehead atoms. The van der Waals surface area contributed by atoms with E-state index in [1.165, 1.54) is 5.56 Å².